The number of aliphatic hydroxyl groups is 1. The molecule has 0 spiro atoms. The monoisotopic (exact) mass is 314 g/mol. The summed E-state index contributed by atoms with van der Waals surface area (Å²) < 4.78 is 1.06. The van der Waals surface area contributed by atoms with Crippen molar-refractivity contribution >= 4 is 43.9 Å². The van der Waals surface area contributed by atoms with Crippen LogP contribution in [0.3, 0.4) is 0 Å². The van der Waals surface area contributed by atoms with E-state index in [2.05, 4.69) is 36.5 Å². The normalized spacial score (nSPS) is 10.2. The van der Waals surface area contributed by atoms with Gasteiger partial charge in [0.05, 0.1) is 15.4 Å². The lowest BCUT2D eigenvalue weighted by Crippen LogP contribution is -2.07. The SMILES string of the molecule is OCCNc1cc(Nc2ccc(Br)s2)ncn1. The maximum absolute atomic E-state index is 8.71. The second kappa shape index (κ2) is 5.95. The molecule has 0 amide bonds. The van der Waals surface area contributed by atoms with Gasteiger partial charge < -0.3 is 15.7 Å². The minimum atomic E-state index is 0.0740. The van der Waals surface area contributed by atoms with Gasteiger partial charge in [-0.2, -0.15) is 0 Å². The van der Waals surface area contributed by atoms with Crippen molar-refractivity contribution in [3.05, 3.63) is 28.3 Å². The van der Waals surface area contributed by atoms with E-state index < -0.39 is 0 Å². The highest BCUT2D eigenvalue weighted by Crippen LogP contribution is 2.28. The third kappa shape index (κ3) is 3.65. The molecule has 2 heterocycles. The maximum Gasteiger partial charge on any atom is 0.136 e. The highest BCUT2D eigenvalue weighted by atomic mass is 79.9. The van der Waals surface area contributed by atoms with Gasteiger partial charge in [-0.05, 0) is 28.1 Å². The standard InChI is InChI=1S/C10H11BrN4OS/c11-7-1-2-10(17-7)15-9-5-8(12-3-4-16)13-6-14-9/h1-2,5-6,16H,3-4H2,(H2,12,13,14,15). The van der Waals surface area contributed by atoms with Crippen molar-refractivity contribution in [2.75, 3.05) is 23.8 Å². The summed E-state index contributed by atoms with van der Waals surface area (Å²) in [5.74, 6) is 1.40. The first-order valence-corrected chi connectivity index (χ1v) is 6.58. The molecule has 0 bridgehead atoms. The number of nitrogens with zero attached hydrogens (tertiary/aromatic N) is 2. The summed E-state index contributed by atoms with van der Waals surface area (Å²) in [6.07, 6.45) is 1.48. The lowest BCUT2D eigenvalue weighted by molar-refractivity contribution is 0.311. The zero-order valence-corrected chi connectivity index (χ0v) is 11.3. The molecule has 0 aliphatic carbocycles. The predicted molar refractivity (Wildman–Crippen MR) is 72.9 cm³/mol. The van der Waals surface area contributed by atoms with Crippen LogP contribution in [0.4, 0.5) is 16.6 Å². The van der Waals surface area contributed by atoms with Crippen LogP contribution >= 0.6 is 27.3 Å². The number of hydrogen-bond acceptors (Lipinski definition) is 6. The van der Waals surface area contributed by atoms with Gasteiger partial charge in [-0.15, -0.1) is 11.3 Å². The quantitative estimate of drug-likeness (QED) is 0.791. The van der Waals surface area contributed by atoms with Crippen LogP contribution in [-0.4, -0.2) is 28.2 Å². The van der Waals surface area contributed by atoms with E-state index in [9.17, 15) is 0 Å². The lowest BCUT2D eigenvalue weighted by atomic mass is 10.5. The number of aliphatic hydroxyl groups excluding tert-OH is 1. The summed E-state index contributed by atoms with van der Waals surface area (Å²) in [5, 5.41) is 15.9. The Bertz CT molecular complexity index is 491. The Morgan fingerprint density at radius 3 is 2.82 bits per heavy atom. The summed E-state index contributed by atoms with van der Waals surface area (Å²) in [5.41, 5.74) is 0. The van der Waals surface area contributed by atoms with Crippen molar-refractivity contribution in [2.45, 2.75) is 0 Å². The Morgan fingerprint density at radius 2 is 2.12 bits per heavy atom. The molecule has 0 aliphatic heterocycles. The molecule has 0 radical (unpaired) electrons. The molecule has 0 fully saturated rings. The zero-order valence-electron chi connectivity index (χ0n) is 8.85. The Hall–Kier alpha value is -1.18. The van der Waals surface area contributed by atoms with E-state index in [0.29, 0.717) is 12.4 Å². The molecule has 2 rings (SSSR count). The van der Waals surface area contributed by atoms with E-state index in [4.69, 9.17) is 5.11 Å². The number of anilines is 3. The van der Waals surface area contributed by atoms with Crippen molar-refractivity contribution in [1.29, 1.82) is 0 Å². The molecule has 2 aromatic rings. The molecular formula is C10H11BrN4OS. The largest absolute Gasteiger partial charge is 0.395 e. The molecule has 0 unspecified atom stereocenters. The van der Waals surface area contributed by atoms with E-state index in [1.807, 2.05) is 12.1 Å². The number of rotatable bonds is 5. The van der Waals surface area contributed by atoms with Crippen LogP contribution in [0.1, 0.15) is 0 Å². The van der Waals surface area contributed by atoms with Crippen molar-refractivity contribution < 1.29 is 5.11 Å². The van der Waals surface area contributed by atoms with Gasteiger partial charge in [0.15, 0.2) is 0 Å². The van der Waals surface area contributed by atoms with E-state index >= 15 is 0 Å². The Balaban J connectivity index is 2.05. The highest BCUT2D eigenvalue weighted by molar-refractivity contribution is 9.11. The predicted octanol–water partition coefficient (Wildman–Crippen LogP) is 2.45. The highest BCUT2D eigenvalue weighted by Gasteiger charge is 2.01. The van der Waals surface area contributed by atoms with Crippen LogP contribution in [0.15, 0.2) is 28.3 Å². The molecule has 0 atom stereocenters. The molecule has 90 valence electrons. The first kappa shape index (κ1) is 12.3. The van der Waals surface area contributed by atoms with E-state index in [1.165, 1.54) is 6.33 Å². The van der Waals surface area contributed by atoms with Gasteiger partial charge in [-0.3, -0.25) is 0 Å². The minimum absolute atomic E-state index is 0.0740. The van der Waals surface area contributed by atoms with E-state index in [-0.39, 0.29) is 6.61 Å². The maximum atomic E-state index is 8.71. The molecule has 2 aromatic heterocycles. The third-order valence-electron chi connectivity index (χ3n) is 1.91. The Morgan fingerprint density at radius 1 is 1.29 bits per heavy atom. The fraction of sp³-hybridized carbons (Fsp3) is 0.200. The van der Waals surface area contributed by atoms with Crippen LogP contribution in [0.25, 0.3) is 0 Å². The number of nitrogens with one attached hydrogen (secondary N) is 2. The van der Waals surface area contributed by atoms with Gasteiger partial charge in [0.2, 0.25) is 0 Å². The van der Waals surface area contributed by atoms with E-state index in [0.717, 1.165) is 14.6 Å². The van der Waals surface area contributed by atoms with Crippen molar-refractivity contribution in [3.63, 3.8) is 0 Å². The fourth-order valence-corrected chi connectivity index (χ4v) is 2.51. The van der Waals surface area contributed by atoms with Crippen LogP contribution in [0, 0.1) is 0 Å². The first-order chi connectivity index (χ1) is 8.28. The molecule has 7 heteroatoms. The van der Waals surface area contributed by atoms with Gasteiger partial charge in [0.1, 0.15) is 18.0 Å². The van der Waals surface area contributed by atoms with Crippen LogP contribution in [0.2, 0.25) is 0 Å². The number of thiophene rings is 1. The van der Waals surface area contributed by atoms with Crippen molar-refractivity contribution in [3.8, 4) is 0 Å². The molecule has 17 heavy (non-hydrogen) atoms. The molecule has 0 saturated heterocycles. The average Bonchev–Trinajstić information content (AvgIpc) is 2.73. The Labute approximate surface area is 111 Å². The minimum Gasteiger partial charge on any atom is -0.395 e. The molecule has 0 saturated carbocycles. The fourth-order valence-electron chi connectivity index (χ4n) is 1.21. The average molecular weight is 315 g/mol. The summed E-state index contributed by atoms with van der Waals surface area (Å²) in [7, 11) is 0. The smallest absolute Gasteiger partial charge is 0.136 e. The van der Waals surface area contributed by atoms with Gasteiger partial charge in [0.25, 0.3) is 0 Å². The second-order valence-electron chi connectivity index (χ2n) is 3.17. The van der Waals surface area contributed by atoms with Gasteiger partial charge in [-0.25, -0.2) is 9.97 Å². The first-order valence-electron chi connectivity index (χ1n) is 4.97. The number of halogens is 1. The summed E-state index contributed by atoms with van der Waals surface area (Å²) in [6.45, 7) is 0.547. The zero-order chi connectivity index (χ0) is 12.1. The van der Waals surface area contributed by atoms with E-state index in [1.54, 1.807) is 17.4 Å². The number of aromatic nitrogens is 2. The summed E-state index contributed by atoms with van der Waals surface area (Å²) in [6, 6.07) is 5.74. The molecule has 0 aromatic carbocycles. The summed E-state index contributed by atoms with van der Waals surface area (Å²) in [4.78, 5) is 8.16. The van der Waals surface area contributed by atoms with Crippen LogP contribution in [-0.2, 0) is 0 Å². The lowest BCUT2D eigenvalue weighted by Gasteiger charge is -2.06. The van der Waals surface area contributed by atoms with Crippen LogP contribution in [0.5, 0.6) is 0 Å². The van der Waals surface area contributed by atoms with Gasteiger partial charge >= 0.3 is 0 Å². The Kier molecular flexibility index (Phi) is 4.29. The molecule has 3 N–H and O–H groups in total. The third-order valence-corrected chi connectivity index (χ3v) is 3.45. The number of hydrogen-bond donors (Lipinski definition) is 3. The van der Waals surface area contributed by atoms with Crippen LogP contribution < -0.4 is 10.6 Å². The van der Waals surface area contributed by atoms with Crippen molar-refractivity contribution in [1.82, 2.24) is 9.97 Å². The summed E-state index contributed by atoms with van der Waals surface area (Å²) >= 11 is 4.99. The second-order valence-corrected chi connectivity index (χ2v) is 5.63. The van der Waals surface area contributed by atoms with Crippen molar-refractivity contribution in [2.24, 2.45) is 0 Å². The van der Waals surface area contributed by atoms with Gasteiger partial charge in [-0.1, -0.05) is 0 Å². The molecule has 5 nitrogen and oxygen atoms in total. The molecule has 0 aliphatic rings. The topological polar surface area (TPSA) is 70.1 Å². The molecular weight excluding hydrogens is 304 g/mol. The van der Waals surface area contributed by atoms with Gasteiger partial charge in [0, 0.05) is 12.6 Å².